The maximum absolute atomic E-state index is 11.7. The van der Waals surface area contributed by atoms with E-state index in [0.29, 0.717) is 12.5 Å². The third-order valence-corrected chi connectivity index (χ3v) is 2.45. The zero-order chi connectivity index (χ0) is 12.7. The van der Waals surface area contributed by atoms with Crippen molar-refractivity contribution in [1.29, 1.82) is 0 Å². The van der Waals surface area contributed by atoms with Crippen molar-refractivity contribution in [3.8, 4) is 0 Å². The molecule has 0 atom stereocenters. The van der Waals surface area contributed by atoms with Gasteiger partial charge in [0.15, 0.2) is 0 Å². The van der Waals surface area contributed by atoms with Gasteiger partial charge in [-0.3, -0.25) is 4.79 Å². The SMILES string of the molecule is Cc1ccc(C(=O)NCCNCC(C)C)cc1. The molecule has 0 saturated heterocycles. The Bertz CT molecular complexity index is 344. The molecule has 0 bridgehead atoms. The van der Waals surface area contributed by atoms with Crippen LogP contribution in [0.5, 0.6) is 0 Å². The molecule has 2 N–H and O–H groups in total. The monoisotopic (exact) mass is 234 g/mol. The molecule has 0 unspecified atom stereocenters. The molecule has 3 nitrogen and oxygen atoms in total. The van der Waals surface area contributed by atoms with E-state index in [0.717, 1.165) is 18.7 Å². The highest BCUT2D eigenvalue weighted by molar-refractivity contribution is 5.94. The minimum absolute atomic E-state index is 0.00338. The minimum Gasteiger partial charge on any atom is -0.351 e. The number of hydrogen-bond acceptors (Lipinski definition) is 2. The van der Waals surface area contributed by atoms with Gasteiger partial charge >= 0.3 is 0 Å². The van der Waals surface area contributed by atoms with Crippen LogP contribution in [0.1, 0.15) is 29.8 Å². The number of rotatable bonds is 6. The predicted octanol–water partition coefficient (Wildman–Crippen LogP) is 1.97. The lowest BCUT2D eigenvalue weighted by Gasteiger charge is -2.08. The van der Waals surface area contributed by atoms with Crippen molar-refractivity contribution in [2.45, 2.75) is 20.8 Å². The van der Waals surface area contributed by atoms with Crippen LogP contribution in [0.2, 0.25) is 0 Å². The summed E-state index contributed by atoms with van der Waals surface area (Å²) in [5, 5.41) is 6.18. The standard InChI is InChI=1S/C14H22N2O/c1-11(2)10-15-8-9-16-14(17)13-6-4-12(3)5-7-13/h4-7,11,15H,8-10H2,1-3H3,(H,16,17). The largest absolute Gasteiger partial charge is 0.351 e. The van der Waals surface area contributed by atoms with Gasteiger partial charge in [0, 0.05) is 18.7 Å². The molecule has 0 radical (unpaired) electrons. The van der Waals surface area contributed by atoms with Gasteiger partial charge in [0.25, 0.3) is 5.91 Å². The van der Waals surface area contributed by atoms with Crippen molar-refractivity contribution < 1.29 is 4.79 Å². The van der Waals surface area contributed by atoms with Crippen LogP contribution < -0.4 is 10.6 Å². The molecule has 0 spiro atoms. The topological polar surface area (TPSA) is 41.1 Å². The quantitative estimate of drug-likeness (QED) is 0.739. The van der Waals surface area contributed by atoms with Gasteiger partial charge in [0.1, 0.15) is 0 Å². The summed E-state index contributed by atoms with van der Waals surface area (Å²) in [6, 6.07) is 7.61. The Balaban J connectivity index is 2.23. The summed E-state index contributed by atoms with van der Waals surface area (Å²) >= 11 is 0. The highest BCUT2D eigenvalue weighted by atomic mass is 16.1. The van der Waals surface area contributed by atoms with E-state index >= 15 is 0 Å². The van der Waals surface area contributed by atoms with Crippen molar-refractivity contribution in [3.63, 3.8) is 0 Å². The van der Waals surface area contributed by atoms with E-state index in [1.165, 1.54) is 5.56 Å². The summed E-state index contributed by atoms with van der Waals surface area (Å²) in [6.07, 6.45) is 0. The van der Waals surface area contributed by atoms with Crippen LogP contribution in [0.25, 0.3) is 0 Å². The van der Waals surface area contributed by atoms with Gasteiger partial charge in [-0.25, -0.2) is 0 Å². The molecule has 1 aromatic rings. The fourth-order valence-electron chi connectivity index (χ4n) is 1.46. The van der Waals surface area contributed by atoms with Crippen molar-refractivity contribution in [2.24, 2.45) is 5.92 Å². The van der Waals surface area contributed by atoms with Crippen molar-refractivity contribution in [3.05, 3.63) is 35.4 Å². The van der Waals surface area contributed by atoms with Crippen LogP contribution in [0.15, 0.2) is 24.3 Å². The van der Waals surface area contributed by atoms with E-state index in [1.807, 2.05) is 31.2 Å². The average Bonchev–Trinajstić information content (AvgIpc) is 2.29. The highest BCUT2D eigenvalue weighted by Gasteiger charge is 2.03. The Labute approximate surface area is 104 Å². The minimum atomic E-state index is -0.00338. The van der Waals surface area contributed by atoms with Crippen LogP contribution in [0.4, 0.5) is 0 Å². The summed E-state index contributed by atoms with van der Waals surface area (Å²) in [6.45, 7) is 8.81. The van der Waals surface area contributed by atoms with Gasteiger partial charge in [-0.2, -0.15) is 0 Å². The molecule has 17 heavy (non-hydrogen) atoms. The lowest BCUT2D eigenvalue weighted by Crippen LogP contribution is -2.33. The number of carbonyl (C=O) groups is 1. The Morgan fingerprint density at radius 2 is 1.82 bits per heavy atom. The fraction of sp³-hybridized carbons (Fsp3) is 0.500. The van der Waals surface area contributed by atoms with E-state index in [1.54, 1.807) is 0 Å². The van der Waals surface area contributed by atoms with Gasteiger partial charge in [-0.15, -0.1) is 0 Å². The van der Waals surface area contributed by atoms with Gasteiger partial charge in [0.05, 0.1) is 0 Å². The summed E-state index contributed by atoms with van der Waals surface area (Å²) in [5.74, 6) is 0.638. The maximum Gasteiger partial charge on any atom is 0.251 e. The Hall–Kier alpha value is -1.35. The number of carbonyl (C=O) groups excluding carboxylic acids is 1. The first-order valence-electron chi connectivity index (χ1n) is 6.15. The van der Waals surface area contributed by atoms with Gasteiger partial charge in [-0.05, 0) is 31.5 Å². The molecular weight excluding hydrogens is 212 g/mol. The van der Waals surface area contributed by atoms with Gasteiger partial charge in [-0.1, -0.05) is 31.5 Å². The molecule has 0 aliphatic carbocycles. The fourth-order valence-corrected chi connectivity index (χ4v) is 1.46. The highest BCUT2D eigenvalue weighted by Crippen LogP contribution is 2.02. The maximum atomic E-state index is 11.7. The second-order valence-electron chi connectivity index (χ2n) is 4.72. The first-order chi connectivity index (χ1) is 8.09. The molecular formula is C14H22N2O. The second-order valence-corrected chi connectivity index (χ2v) is 4.72. The summed E-state index contributed by atoms with van der Waals surface area (Å²) < 4.78 is 0. The number of hydrogen-bond donors (Lipinski definition) is 2. The zero-order valence-electron chi connectivity index (χ0n) is 10.9. The predicted molar refractivity (Wildman–Crippen MR) is 71.2 cm³/mol. The Morgan fingerprint density at radius 3 is 2.41 bits per heavy atom. The Kier molecular flexibility index (Phi) is 5.70. The summed E-state index contributed by atoms with van der Waals surface area (Å²) in [7, 11) is 0. The molecule has 0 aliphatic heterocycles. The van der Waals surface area contributed by atoms with Gasteiger partial charge in [0.2, 0.25) is 0 Å². The van der Waals surface area contributed by atoms with Crippen LogP contribution in [0, 0.1) is 12.8 Å². The normalized spacial score (nSPS) is 10.6. The lowest BCUT2D eigenvalue weighted by atomic mass is 10.1. The number of nitrogens with one attached hydrogen (secondary N) is 2. The van der Waals surface area contributed by atoms with Crippen LogP contribution in [0.3, 0.4) is 0 Å². The molecule has 0 saturated carbocycles. The summed E-state index contributed by atoms with van der Waals surface area (Å²) in [5.41, 5.74) is 1.89. The van der Waals surface area contributed by atoms with Crippen LogP contribution in [-0.2, 0) is 0 Å². The number of benzene rings is 1. The third-order valence-electron chi connectivity index (χ3n) is 2.45. The molecule has 3 heteroatoms. The average molecular weight is 234 g/mol. The molecule has 0 aliphatic rings. The van der Waals surface area contributed by atoms with E-state index in [4.69, 9.17) is 0 Å². The lowest BCUT2D eigenvalue weighted by molar-refractivity contribution is 0.0954. The summed E-state index contributed by atoms with van der Waals surface area (Å²) in [4.78, 5) is 11.7. The molecule has 0 aromatic heterocycles. The molecule has 0 heterocycles. The first-order valence-corrected chi connectivity index (χ1v) is 6.15. The van der Waals surface area contributed by atoms with E-state index in [9.17, 15) is 4.79 Å². The zero-order valence-corrected chi connectivity index (χ0v) is 10.9. The van der Waals surface area contributed by atoms with Crippen LogP contribution >= 0.6 is 0 Å². The molecule has 1 amide bonds. The molecule has 0 fully saturated rings. The van der Waals surface area contributed by atoms with Crippen molar-refractivity contribution >= 4 is 5.91 Å². The first kappa shape index (κ1) is 13.7. The van der Waals surface area contributed by atoms with E-state index < -0.39 is 0 Å². The van der Waals surface area contributed by atoms with Gasteiger partial charge < -0.3 is 10.6 Å². The number of aryl methyl sites for hydroxylation is 1. The van der Waals surface area contributed by atoms with E-state index in [-0.39, 0.29) is 5.91 Å². The molecule has 94 valence electrons. The molecule has 1 rings (SSSR count). The smallest absolute Gasteiger partial charge is 0.251 e. The number of amides is 1. The van der Waals surface area contributed by atoms with E-state index in [2.05, 4.69) is 24.5 Å². The van der Waals surface area contributed by atoms with Crippen LogP contribution in [-0.4, -0.2) is 25.5 Å². The Morgan fingerprint density at radius 1 is 1.18 bits per heavy atom. The molecule has 1 aromatic carbocycles. The van der Waals surface area contributed by atoms with Crippen molar-refractivity contribution in [2.75, 3.05) is 19.6 Å². The van der Waals surface area contributed by atoms with Crippen molar-refractivity contribution in [1.82, 2.24) is 10.6 Å². The second kappa shape index (κ2) is 7.07. The third kappa shape index (κ3) is 5.50.